The number of aromatic hydroxyl groups is 1. The molecule has 0 saturated carbocycles. The van der Waals surface area contributed by atoms with Gasteiger partial charge in [-0.25, -0.2) is 0 Å². The van der Waals surface area contributed by atoms with Crippen molar-refractivity contribution in [2.24, 2.45) is 5.92 Å². The van der Waals surface area contributed by atoms with Crippen molar-refractivity contribution in [2.75, 3.05) is 7.11 Å². The Morgan fingerprint density at radius 3 is 2.82 bits per heavy atom. The van der Waals surface area contributed by atoms with E-state index in [-0.39, 0.29) is 17.5 Å². The number of hydrogen-bond donors (Lipinski definition) is 1. The van der Waals surface area contributed by atoms with E-state index in [1.165, 1.54) is 13.2 Å². The first-order chi connectivity index (χ1) is 8.08. The summed E-state index contributed by atoms with van der Waals surface area (Å²) < 4.78 is 4.96. The maximum Gasteiger partial charge on any atom is 0.208 e. The summed E-state index contributed by atoms with van der Waals surface area (Å²) in [6.07, 6.45) is 0.784. The Labute approximate surface area is 101 Å². The Balaban J connectivity index is 2.89. The molecule has 0 heterocycles. The zero-order valence-electron chi connectivity index (χ0n) is 10.3. The molecule has 0 radical (unpaired) electrons. The standard InChI is InChI=1S/C14H16O3/c1-4-10(2)12(15)7-5-11-6-8-13(16)14(9-11)17-3/h6,8-10,16H,4H2,1-3H3. The van der Waals surface area contributed by atoms with Crippen molar-refractivity contribution in [1.29, 1.82) is 0 Å². The van der Waals surface area contributed by atoms with E-state index >= 15 is 0 Å². The van der Waals surface area contributed by atoms with Crippen molar-refractivity contribution in [1.82, 2.24) is 0 Å². The number of carbonyl (C=O) groups excluding carboxylic acids is 1. The molecule has 1 N–H and O–H groups in total. The third-order valence-corrected chi connectivity index (χ3v) is 2.57. The van der Waals surface area contributed by atoms with E-state index in [0.29, 0.717) is 11.3 Å². The molecule has 1 aromatic rings. The summed E-state index contributed by atoms with van der Waals surface area (Å²) in [6.45, 7) is 3.81. The number of hydrogen-bond acceptors (Lipinski definition) is 3. The van der Waals surface area contributed by atoms with Gasteiger partial charge in [-0.15, -0.1) is 0 Å². The van der Waals surface area contributed by atoms with Crippen LogP contribution >= 0.6 is 0 Å². The maximum absolute atomic E-state index is 11.5. The predicted octanol–water partition coefficient (Wildman–Crippen LogP) is 2.37. The van der Waals surface area contributed by atoms with Crippen LogP contribution in [0.2, 0.25) is 0 Å². The number of ketones is 1. The number of rotatable bonds is 3. The van der Waals surface area contributed by atoms with Gasteiger partial charge < -0.3 is 9.84 Å². The second-order valence-electron chi connectivity index (χ2n) is 3.81. The lowest BCUT2D eigenvalue weighted by Gasteiger charge is -2.02. The molecular formula is C14H16O3. The Bertz CT molecular complexity index is 466. The third-order valence-electron chi connectivity index (χ3n) is 2.57. The van der Waals surface area contributed by atoms with E-state index in [4.69, 9.17) is 4.74 Å². The van der Waals surface area contributed by atoms with Crippen LogP contribution in [0.3, 0.4) is 0 Å². The topological polar surface area (TPSA) is 46.5 Å². The average molecular weight is 232 g/mol. The fraction of sp³-hybridized carbons (Fsp3) is 0.357. The second kappa shape index (κ2) is 5.95. The lowest BCUT2D eigenvalue weighted by Crippen LogP contribution is -2.06. The fourth-order valence-corrected chi connectivity index (χ4v) is 1.20. The van der Waals surface area contributed by atoms with Crippen molar-refractivity contribution in [3.8, 4) is 23.3 Å². The van der Waals surface area contributed by atoms with Gasteiger partial charge in [0.1, 0.15) is 0 Å². The fourth-order valence-electron chi connectivity index (χ4n) is 1.20. The highest BCUT2D eigenvalue weighted by Gasteiger charge is 2.06. The Morgan fingerprint density at radius 2 is 2.24 bits per heavy atom. The summed E-state index contributed by atoms with van der Waals surface area (Å²) in [7, 11) is 1.47. The largest absolute Gasteiger partial charge is 0.504 e. The maximum atomic E-state index is 11.5. The van der Waals surface area contributed by atoms with Crippen LogP contribution in [0.1, 0.15) is 25.8 Å². The molecule has 1 rings (SSSR count). The lowest BCUT2D eigenvalue weighted by molar-refractivity contribution is -0.116. The van der Waals surface area contributed by atoms with Gasteiger partial charge in [-0.1, -0.05) is 19.8 Å². The first kappa shape index (κ1) is 13.1. The molecule has 1 unspecified atom stereocenters. The van der Waals surface area contributed by atoms with Gasteiger partial charge in [0.25, 0.3) is 0 Å². The molecule has 0 amide bonds. The predicted molar refractivity (Wildman–Crippen MR) is 66.0 cm³/mol. The number of ether oxygens (including phenoxy) is 1. The van der Waals surface area contributed by atoms with E-state index < -0.39 is 0 Å². The number of carbonyl (C=O) groups is 1. The van der Waals surface area contributed by atoms with E-state index in [1.54, 1.807) is 12.1 Å². The molecule has 0 aliphatic rings. The molecule has 0 aromatic heterocycles. The summed E-state index contributed by atoms with van der Waals surface area (Å²) in [5.74, 6) is 5.67. The SMILES string of the molecule is CCC(C)C(=O)C#Cc1ccc(O)c(OC)c1. The molecule has 0 aliphatic carbocycles. The first-order valence-corrected chi connectivity index (χ1v) is 5.51. The zero-order valence-corrected chi connectivity index (χ0v) is 10.3. The molecule has 0 spiro atoms. The summed E-state index contributed by atoms with van der Waals surface area (Å²) in [4.78, 5) is 11.5. The molecule has 3 heteroatoms. The van der Waals surface area contributed by atoms with Crippen LogP contribution < -0.4 is 4.74 Å². The zero-order chi connectivity index (χ0) is 12.8. The Hall–Kier alpha value is -1.95. The molecule has 90 valence electrons. The molecule has 0 aliphatic heterocycles. The molecule has 1 atom stereocenters. The Kier molecular flexibility index (Phi) is 4.59. The molecule has 0 saturated heterocycles. The monoisotopic (exact) mass is 232 g/mol. The molecule has 0 bridgehead atoms. The van der Waals surface area contributed by atoms with Crippen LogP contribution in [0, 0.1) is 17.8 Å². The van der Waals surface area contributed by atoms with Gasteiger partial charge in [0.2, 0.25) is 5.78 Å². The molecule has 17 heavy (non-hydrogen) atoms. The number of phenols is 1. The van der Waals surface area contributed by atoms with Crippen LogP contribution in [0.5, 0.6) is 11.5 Å². The summed E-state index contributed by atoms with van der Waals surface area (Å²) >= 11 is 0. The van der Waals surface area contributed by atoms with Gasteiger partial charge >= 0.3 is 0 Å². The number of Topliss-reactive ketones (excluding diaryl/α,β-unsaturated/α-hetero) is 1. The molecular weight excluding hydrogens is 216 g/mol. The van der Waals surface area contributed by atoms with Crippen molar-refractivity contribution >= 4 is 5.78 Å². The van der Waals surface area contributed by atoms with Crippen LogP contribution in [0.15, 0.2) is 18.2 Å². The van der Waals surface area contributed by atoms with E-state index in [9.17, 15) is 9.90 Å². The third kappa shape index (κ3) is 3.53. The average Bonchev–Trinajstić information content (AvgIpc) is 2.36. The summed E-state index contributed by atoms with van der Waals surface area (Å²) in [5.41, 5.74) is 0.649. The molecule has 0 fully saturated rings. The number of benzene rings is 1. The van der Waals surface area contributed by atoms with E-state index in [2.05, 4.69) is 11.8 Å². The first-order valence-electron chi connectivity index (χ1n) is 5.51. The van der Waals surface area contributed by atoms with Gasteiger partial charge in [-0.3, -0.25) is 4.79 Å². The van der Waals surface area contributed by atoms with Gasteiger partial charge in [-0.2, -0.15) is 0 Å². The van der Waals surface area contributed by atoms with Crippen LogP contribution in [0.4, 0.5) is 0 Å². The van der Waals surface area contributed by atoms with Gasteiger partial charge in [-0.05, 0) is 30.5 Å². The minimum atomic E-state index is -0.0699. The van der Waals surface area contributed by atoms with Gasteiger partial charge in [0.05, 0.1) is 7.11 Å². The minimum Gasteiger partial charge on any atom is -0.504 e. The quantitative estimate of drug-likeness (QED) is 0.814. The van der Waals surface area contributed by atoms with Crippen molar-refractivity contribution in [3.63, 3.8) is 0 Å². The molecule has 3 nitrogen and oxygen atoms in total. The number of phenolic OH excluding ortho intramolecular Hbond substituents is 1. The van der Waals surface area contributed by atoms with Crippen LogP contribution in [0.25, 0.3) is 0 Å². The van der Waals surface area contributed by atoms with E-state index in [1.807, 2.05) is 13.8 Å². The van der Waals surface area contributed by atoms with Crippen molar-refractivity contribution in [3.05, 3.63) is 23.8 Å². The van der Waals surface area contributed by atoms with Crippen molar-refractivity contribution in [2.45, 2.75) is 20.3 Å². The van der Waals surface area contributed by atoms with Crippen LogP contribution in [-0.4, -0.2) is 18.0 Å². The molecule has 1 aromatic carbocycles. The summed E-state index contributed by atoms with van der Waals surface area (Å²) in [5, 5.41) is 9.40. The van der Waals surface area contributed by atoms with Gasteiger partial charge in [0.15, 0.2) is 11.5 Å². The highest BCUT2D eigenvalue weighted by molar-refractivity contribution is 5.97. The van der Waals surface area contributed by atoms with Crippen LogP contribution in [-0.2, 0) is 4.79 Å². The Morgan fingerprint density at radius 1 is 1.53 bits per heavy atom. The van der Waals surface area contributed by atoms with Crippen molar-refractivity contribution < 1.29 is 14.6 Å². The lowest BCUT2D eigenvalue weighted by atomic mass is 10.0. The van der Waals surface area contributed by atoms with E-state index in [0.717, 1.165) is 6.42 Å². The highest BCUT2D eigenvalue weighted by atomic mass is 16.5. The van der Waals surface area contributed by atoms with Gasteiger partial charge in [0, 0.05) is 11.5 Å². The second-order valence-corrected chi connectivity index (χ2v) is 3.81. The smallest absolute Gasteiger partial charge is 0.208 e. The number of methoxy groups -OCH3 is 1. The summed E-state index contributed by atoms with van der Waals surface area (Å²) in [6, 6.07) is 4.75. The minimum absolute atomic E-state index is 0.0403. The normalized spacial score (nSPS) is 11.2. The highest BCUT2D eigenvalue weighted by Crippen LogP contribution is 2.25.